The lowest BCUT2D eigenvalue weighted by Crippen LogP contribution is -2.12. The molecule has 0 atom stereocenters. The zero-order valence-electron chi connectivity index (χ0n) is 10.7. The Bertz CT molecular complexity index is 766. The Morgan fingerprint density at radius 1 is 1.29 bits per heavy atom. The van der Waals surface area contributed by atoms with Gasteiger partial charge in [-0.05, 0) is 24.3 Å². The summed E-state index contributed by atoms with van der Waals surface area (Å²) in [5.74, 6) is 2.02. The molecule has 0 bridgehead atoms. The van der Waals surface area contributed by atoms with Crippen LogP contribution < -0.4 is 5.32 Å². The van der Waals surface area contributed by atoms with Crippen LogP contribution in [0.1, 0.15) is 15.9 Å². The number of carbonyl (C=O) groups is 1. The molecule has 2 aromatic carbocycles. The first-order valence-corrected chi connectivity index (χ1v) is 6.62. The molecule has 0 heterocycles. The highest BCUT2D eigenvalue weighted by molar-refractivity contribution is 9.10. The zero-order valence-corrected chi connectivity index (χ0v) is 12.3. The van der Waals surface area contributed by atoms with Crippen LogP contribution in [0, 0.1) is 22.5 Å². The van der Waals surface area contributed by atoms with Crippen molar-refractivity contribution in [2.24, 2.45) is 0 Å². The Balaban J connectivity index is 2.28. The molecule has 0 fully saturated rings. The van der Waals surface area contributed by atoms with E-state index in [1.807, 2.05) is 0 Å². The van der Waals surface area contributed by atoms with Gasteiger partial charge >= 0.3 is 0 Å². The average Bonchev–Trinajstić information content (AvgIpc) is 2.46. The number of terminal acetylenes is 1. The molecule has 1 N–H and O–H groups in total. The van der Waals surface area contributed by atoms with E-state index in [0.717, 1.165) is 0 Å². The molecule has 0 aliphatic carbocycles. The van der Waals surface area contributed by atoms with E-state index >= 15 is 0 Å². The van der Waals surface area contributed by atoms with Crippen LogP contribution in [0.5, 0.6) is 0 Å². The van der Waals surface area contributed by atoms with Crippen LogP contribution in [0.3, 0.4) is 0 Å². The number of nitrogens with one attached hydrogen (secondary N) is 1. The van der Waals surface area contributed by atoms with E-state index in [0.29, 0.717) is 15.7 Å². The van der Waals surface area contributed by atoms with Crippen LogP contribution >= 0.6 is 15.9 Å². The summed E-state index contributed by atoms with van der Waals surface area (Å²) in [7, 11) is 0. The number of amides is 1. The fourth-order valence-electron chi connectivity index (χ4n) is 1.70. The molecule has 2 rings (SSSR count). The topological polar surface area (TPSA) is 72.2 Å². The fourth-order valence-corrected chi connectivity index (χ4v) is 2.18. The third-order valence-electron chi connectivity index (χ3n) is 2.64. The van der Waals surface area contributed by atoms with E-state index in [-0.39, 0.29) is 11.3 Å². The second kappa shape index (κ2) is 6.20. The van der Waals surface area contributed by atoms with Crippen molar-refractivity contribution >= 4 is 33.2 Å². The summed E-state index contributed by atoms with van der Waals surface area (Å²) < 4.78 is 0.458. The van der Waals surface area contributed by atoms with Gasteiger partial charge in [0, 0.05) is 33.4 Å². The minimum atomic E-state index is -0.555. The molecular weight excluding hydrogens is 336 g/mol. The number of nitro benzene ring substituents is 1. The van der Waals surface area contributed by atoms with E-state index in [2.05, 4.69) is 27.2 Å². The number of anilines is 1. The number of halogens is 1. The lowest BCUT2D eigenvalue weighted by molar-refractivity contribution is -0.384. The summed E-state index contributed by atoms with van der Waals surface area (Å²) in [6.45, 7) is 0. The highest BCUT2D eigenvalue weighted by Crippen LogP contribution is 2.22. The first kappa shape index (κ1) is 14.8. The Morgan fingerprint density at radius 2 is 2.05 bits per heavy atom. The van der Waals surface area contributed by atoms with Gasteiger partial charge in [-0.2, -0.15) is 0 Å². The van der Waals surface area contributed by atoms with Crippen LogP contribution in [0.25, 0.3) is 0 Å². The first-order chi connectivity index (χ1) is 9.99. The van der Waals surface area contributed by atoms with Crippen LogP contribution in [0.2, 0.25) is 0 Å². The van der Waals surface area contributed by atoms with Gasteiger partial charge in [-0.3, -0.25) is 14.9 Å². The second-order valence-electron chi connectivity index (χ2n) is 4.13. The number of nitrogens with zero attached hydrogens (tertiary/aromatic N) is 1. The maximum absolute atomic E-state index is 12.1. The van der Waals surface area contributed by atoms with Crippen molar-refractivity contribution < 1.29 is 9.72 Å². The van der Waals surface area contributed by atoms with E-state index in [1.54, 1.807) is 24.3 Å². The van der Waals surface area contributed by atoms with Gasteiger partial charge in [0.25, 0.3) is 11.6 Å². The maximum Gasteiger partial charge on any atom is 0.271 e. The number of non-ortho nitro benzene ring substituents is 1. The Morgan fingerprint density at radius 3 is 2.71 bits per heavy atom. The first-order valence-electron chi connectivity index (χ1n) is 5.82. The number of hydrogen-bond acceptors (Lipinski definition) is 3. The van der Waals surface area contributed by atoms with Crippen molar-refractivity contribution in [1.82, 2.24) is 0 Å². The van der Waals surface area contributed by atoms with Crippen molar-refractivity contribution in [2.45, 2.75) is 0 Å². The third-order valence-corrected chi connectivity index (χ3v) is 3.10. The summed E-state index contributed by atoms with van der Waals surface area (Å²) in [6.07, 6.45) is 5.29. The molecule has 0 spiro atoms. The summed E-state index contributed by atoms with van der Waals surface area (Å²) in [5.41, 5.74) is 1.18. The molecule has 2 aromatic rings. The van der Waals surface area contributed by atoms with E-state index in [4.69, 9.17) is 6.42 Å². The second-order valence-corrected chi connectivity index (χ2v) is 5.05. The van der Waals surface area contributed by atoms with Gasteiger partial charge < -0.3 is 5.32 Å². The summed E-state index contributed by atoms with van der Waals surface area (Å²) in [4.78, 5) is 22.4. The standard InChI is InChI=1S/C15H9BrN2O3/c1-2-10-4-3-5-13(6-10)17-15(19)11-7-12(16)9-14(8-11)18(20)21/h1,3-9H,(H,17,19). The van der Waals surface area contributed by atoms with E-state index in [1.165, 1.54) is 18.2 Å². The monoisotopic (exact) mass is 344 g/mol. The van der Waals surface area contributed by atoms with Crippen LogP contribution in [0.4, 0.5) is 11.4 Å². The average molecular weight is 345 g/mol. The van der Waals surface area contributed by atoms with Crippen molar-refractivity contribution in [1.29, 1.82) is 0 Å². The van der Waals surface area contributed by atoms with Crippen molar-refractivity contribution in [3.05, 3.63) is 68.2 Å². The number of nitro groups is 1. The van der Waals surface area contributed by atoms with Crippen molar-refractivity contribution in [3.63, 3.8) is 0 Å². The van der Waals surface area contributed by atoms with E-state index < -0.39 is 10.8 Å². The number of hydrogen-bond donors (Lipinski definition) is 1. The highest BCUT2D eigenvalue weighted by atomic mass is 79.9. The van der Waals surface area contributed by atoms with Gasteiger partial charge in [0.15, 0.2) is 0 Å². The van der Waals surface area contributed by atoms with Gasteiger partial charge in [-0.1, -0.05) is 27.9 Å². The molecule has 0 aliphatic heterocycles. The third kappa shape index (κ3) is 3.68. The maximum atomic E-state index is 12.1. The number of carbonyl (C=O) groups excluding carboxylic acids is 1. The SMILES string of the molecule is C#Cc1cccc(NC(=O)c2cc(Br)cc([N+](=O)[O-])c2)c1. The van der Waals surface area contributed by atoms with Crippen LogP contribution in [0.15, 0.2) is 46.9 Å². The summed E-state index contributed by atoms with van der Waals surface area (Å²) in [5, 5.41) is 13.4. The quantitative estimate of drug-likeness (QED) is 0.525. The molecule has 0 radical (unpaired) electrons. The Hall–Kier alpha value is -2.65. The largest absolute Gasteiger partial charge is 0.322 e. The Kier molecular flexibility index (Phi) is 4.36. The lowest BCUT2D eigenvalue weighted by Gasteiger charge is -2.06. The van der Waals surface area contributed by atoms with Crippen molar-refractivity contribution in [2.75, 3.05) is 5.32 Å². The summed E-state index contributed by atoms with van der Waals surface area (Å²) >= 11 is 3.15. The van der Waals surface area contributed by atoms with Gasteiger partial charge in [-0.15, -0.1) is 6.42 Å². The molecule has 0 aromatic heterocycles. The smallest absolute Gasteiger partial charge is 0.271 e. The van der Waals surface area contributed by atoms with Gasteiger partial charge in [-0.25, -0.2) is 0 Å². The predicted molar refractivity (Wildman–Crippen MR) is 83.1 cm³/mol. The predicted octanol–water partition coefficient (Wildman–Crippen LogP) is 3.59. The highest BCUT2D eigenvalue weighted by Gasteiger charge is 2.14. The molecule has 0 saturated carbocycles. The van der Waals surface area contributed by atoms with Gasteiger partial charge in [0.1, 0.15) is 0 Å². The summed E-state index contributed by atoms with van der Waals surface area (Å²) in [6, 6.07) is 10.8. The molecular formula is C15H9BrN2O3. The minimum absolute atomic E-state index is 0.160. The fraction of sp³-hybridized carbons (Fsp3) is 0. The van der Waals surface area contributed by atoms with Crippen LogP contribution in [-0.2, 0) is 0 Å². The van der Waals surface area contributed by atoms with Crippen LogP contribution in [-0.4, -0.2) is 10.8 Å². The molecule has 6 heteroatoms. The molecule has 104 valence electrons. The molecule has 21 heavy (non-hydrogen) atoms. The zero-order chi connectivity index (χ0) is 15.4. The lowest BCUT2D eigenvalue weighted by atomic mass is 10.1. The van der Waals surface area contributed by atoms with Crippen molar-refractivity contribution in [3.8, 4) is 12.3 Å². The normalized spacial score (nSPS) is 9.71. The molecule has 1 amide bonds. The van der Waals surface area contributed by atoms with Gasteiger partial charge in [0.05, 0.1) is 4.92 Å². The molecule has 0 unspecified atom stereocenters. The number of rotatable bonds is 3. The minimum Gasteiger partial charge on any atom is -0.322 e. The molecule has 0 saturated heterocycles. The van der Waals surface area contributed by atoms with Gasteiger partial charge in [0.2, 0.25) is 0 Å². The van der Waals surface area contributed by atoms with E-state index in [9.17, 15) is 14.9 Å². The molecule has 0 aliphatic rings. The number of benzene rings is 2. The Labute approximate surface area is 129 Å². The molecule has 5 nitrogen and oxygen atoms in total.